The molecule has 0 aliphatic rings. The Balaban J connectivity index is 1.85. The lowest BCUT2D eigenvalue weighted by molar-refractivity contribution is -0.117. The molecule has 0 radical (unpaired) electrons. The molecule has 2 heterocycles. The first kappa shape index (κ1) is 16.4. The second kappa shape index (κ2) is 6.57. The zero-order chi connectivity index (χ0) is 18.0. The van der Waals surface area contributed by atoms with Gasteiger partial charge in [0.05, 0.1) is 24.1 Å². The Hall–Kier alpha value is -3.46. The maximum Gasteiger partial charge on any atom is 0.249 e. The smallest absolute Gasteiger partial charge is 0.249 e. The molecule has 0 spiro atoms. The number of hydrogen-bond acceptors (Lipinski definition) is 4. The molecule has 0 unspecified atom stereocenters. The van der Waals surface area contributed by atoms with E-state index in [1.54, 1.807) is 35.3 Å². The summed E-state index contributed by atoms with van der Waals surface area (Å²) in [7, 11) is 0. The number of carbonyl (C=O) groups excluding carboxylic acids is 2. The highest BCUT2D eigenvalue weighted by Gasteiger charge is 2.28. The highest BCUT2D eigenvalue weighted by molar-refractivity contribution is 6.15. The molecule has 0 saturated carbocycles. The van der Waals surface area contributed by atoms with Gasteiger partial charge in [0.2, 0.25) is 5.91 Å². The highest BCUT2D eigenvalue weighted by atomic mass is 16.2. The molecule has 1 amide bonds. The third kappa shape index (κ3) is 3.26. The van der Waals surface area contributed by atoms with E-state index in [0.717, 1.165) is 16.6 Å². The quantitative estimate of drug-likeness (QED) is 0.588. The molecule has 2 aromatic heterocycles. The van der Waals surface area contributed by atoms with Crippen molar-refractivity contribution in [3.8, 4) is 6.07 Å². The number of fused-ring (bicyclic) bond motifs is 1. The summed E-state index contributed by atoms with van der Waals surface area (Å²) >= 11 is 0. The standard InChI is InChI=1S/C19H16N4O2/c1-12-3-4-13(2)17(7-12)22-19(25)16(9-20)18(24)14-5-6-23-11-21-10-15(23)8-14/h3-8,10-11,16H,1-2H3,(H,22,25)/t16-/m0/s1. The summed E-state index contributed by atoms with van der Waals surface area (Å²) in [6, 6.07) is 10.6. The van der Waals surface area contributed by atoms with Crippen molar-refractivity contribution in [3.05, 3.63) is 65.7 Å². The van der Waals surface area contributed by atoms with Gasteiger partial charge in [0, 0.05) is 17.4 Å². The molecule has 0 aliphatic carbocycles. The van der Waals surface area contributed by atoms with Crippen LogP contribution >= 0.6 is 0 Å². The number of anilines is 1. The van der Waals surface area contributed by atoms with E-state index < -0.39 is 17.6 Å². The van der Waals surface area contributed by atoms with E-state index in [2.05, 4.69) is 10.3 Å². The zero-order valence-electron chi connectivity index (χ0n) is 13.9. The first-order chi connectivity index (χ1) is 12.0. The average molecular weight is 332 g/mol. The summed E-state index contributed by atoms with van der Waals surface area (Å²) in [4.78, 5) is 29.1. The number of aryl methyl sites for hydroxylation is 2. The monoisotopic (exact) mass is 332 g/mol. The summed E-state index contributed by atoms with van der Waals surface area (Å²) in [5.41, 5.74) is 3.47. The number of rotatable bonds is 4. The Kier molecular flexibility index (Phi) is 4.31. The lowest BCUT2D eigenvalue weighted by Gasteiger charge is -2.12. The summed E-state index contributed by atoms with van der Waals surface area (Å²) in [6.45, 7) is 3.76. The molecule has 1 atom stereocenters. The molecule has 0 bridgehead atoms. The van der Waals surface area contributed by atoms with Crippen molar-refractivity contribution < 1.29 is 9.59 Å². The fraction of sp³-hybridized carbons (Fsp3) is 0.158. The van der Waals surface area contributed by atoms with Crippen LogP contribution in [0.2, 0.25) is 0 Å². The van der Waals surface area contributed by atoms with Crippen molar-refractivity contribution in [3.63, 3.8) is 0 Å². The Labute approximate surface area is 144 Å². The molecule has 3 rings (SSSR count). The third-order valence-electron chi connectivity index (χ3n) is 4.00. The van der Waals surface area contributed by atoms with Gasteiger partial charge in [-0.05, 0) is 43.2 Å². The summed E-state index contributed by atoms with van der Waals surface area (Å²) in [5, 5.41) is 12.0. The third-order valence-corrected chi connectivity index (χ3v) is 4.00. The first-order valence-electron chi connectivity index (χ1n) is 7.73. The molecule has 0 aliphatic heterocycles. The normalized spacial score (nSPS) is 11.7. The fourth-order valence-electron chi connectivity index (χ4n) is 2.55. The Morgan fingerprint density at radius 2 is 2.04 bits per heavy atom. The first-order valence-corrected chi connectivity index (χ1v) is 7.73. The molecule has 0 saturated heterocycles. The molecule has 0 fully saturated rings. The van der Waals surface area contributed by atoms with Gasteiger partial charge >= 0.3 is 0 Å². The van der Waals surface area contributed by atoms with Crippen molar-refractivity contribution in [2.45, 2.75) is 13.8 Å². The summed E-state index contributed by atoms with van der Waals surface area (Å²) in [5.74, 6) is -2.58. The number of imidazole rings is 1. The number of pyridine rings is 1. The van der Waals surface area contributed by atoms with Gasteiger partial charge in [-0.3, -0.25) is 9.59 Å². The lowest BCUT2D eigenvalue weighted by atomic mass is 9.98. The second-order valence-corrected chi connectivity index (χ2v) is 5.88. The van der Waals surface area contributed by atoms with E-state index >= 15 is 0 Å². The number of nitrogens with one attached hydrogen (secondary N) is 1. The molecule has 25 heavy (non-hydrogen) atoms. The molecule has 6 heteroatoms. The molecule has 1 aromatic carbocycles. The van der Waals surface area contributed by atoms with Gasteiger partial charge in [-0.15, -0.1) is 0 Å². The predicted molar refractivity (Wildman–Crippen MR) is 93.2 cm³/mol. The second-order valence-electron chi connectivity index (χ2n) is 5.88. The van der Waals surface area contributed by atoms with E-state index in [9.17, 15) is 14.9 Å². The van der Waals surface area contributed by atoms with Gasteiger partial charge in [0.25, 0.3) is 0 Å². The number of nitriles is 1. The average Bonchev–Trinajstić information content (AvgIpc) is 3.06. The number of Topliss-reactive ketones (excluding diaryl/α,β-unsaturated/α-hetero) is 1. The van der Waals surface area contributed by atoms with Crippen LogP contribution in [0.1, 0.15) is 21.5 Å². The van der Waals surface area contributed by atoms with Crippen molar-refractivity contribution in [2.75, 3.05) is 5.32 Å². The molecular formula is C19H16N4O2. The van der Waals surface area contributed by atoms with E-state index in [1.165, 1.54) is 0 Å². The van der Waals surface area contributed by atoms with Gasteiger partial charge in [0.15, 0.2) is 11.7 Å². The fourth-order valence-corrected chi connectivity index (χ4v) is 2.55. The van der Waals surface area contributed by atoms with Crippen LogP contribution in [0.4, 0.5) is 5.69 Å². The number of nitrogens with zero attached hydrogens (tertiary/aromatic N) is 3. The van der Waals surface area contributed by atoms with Gasteiger partial charge in [-0.1, -0.05) is 12.1 Å². The minimum atomic E-state index is -1.41. The van der Waals surface area contributed by atoms with Crippen LogP contribution in [0.15, 0.2) is 49.1 Å². The van der Waals surface area contributed by atoms with E-state index in [4.69, 9.17) is 0 Å². The van der Waals surface area contributed by atoms with Crippen LogP contribution < -0.4 is 5.32 Å². The van der Waals surface area contributed by atoms with E-state index in [0.29, 0.717) is 11.3 Å². The molecule has 124 valence electrons. The van der Waals surface area contributed by atoms with Crippen molar-refractivity contribution in [2.24, 2.45) is 5.92 Å². The number of aromatic nitrogens is 2. The minimum absolute atomic E-state index is 0.302. The van der Waals surface area contributed by atoms with Gasteiger partial charge in [0.1, 0.15) is 0 Å². The van der Waals surface area contributed by atoms with Crippen molar-refractivity contribution in [1.29, 1.82) is 5.26 Å². The van der Waals surface area contributed by atoms with Crippen LogP contribution in [-0.4, -0.2) is 21.1 Å². The maximum absolute atomic E-state index is 12.6. The molecule has 6 nitrogen and oxygen atoms in total. The number of amides is 1. The van der Waals surface area contributed by atoms with Crippen molar-refractivity contribution >= 4 is 22.9 Å². The number of ketones is 1. The Morgan fingerprint density at radius 3 is 2.80 bits per heavy atom. The Morgan fingerprint density at radius 1 is 1.24 bits per heavy atom. The van der Waals surface area contributed by atoms with Crippen LogP contribution in [0.25, 0.3) is 5.52 Å². The molecular weight excluding hydrogens is 316 g/mol. The summed E-state index contributed by atoms with van der Waals surface area (Å²) < 4.78 is 1.74. The van der Waals surface area contributed by atoms with Gasteiger partial charge < -0.3 is 9.72 Å². The van der Waals surface area contributed by atoms with Gasteiger partial charge in [-0.2, -0.15) is 5.26 Å². The predicted octanol–water partition coefficient (Wildman–Crippen LogP) is 2.91. The number of hydrogen-bond donors (Lipinski definition) is 1. The van der Waals surface area contributed by atoms with Gasteiger partial charge in [-0.25, -0.2) is 4.98 Å². The van der Waals surface area contributed by atoms with E-state index in [1.807, 2.05) is 38.1 Å². The topological polar surface area (TPSA) is 87.3 Å². The molecule has 1 N–H and O–H groups in total. The van der Waals surface area contributed by atoms with Crippen molar-refractivity contribution in [1.82, 2.24) is 9.38 Å². The van der Waals surface area contributed by atoms with Crippen LogP contribution in [0, 0.1) is 31.1 Å². The zero-order valence-corrected chi connectivity index (χ0v) is 13.9. The van der Waals surface area contributed by atoms with Crippen LogP contribution in [-0.2, 0) is 4.79 Å². The summed E-state index contributed by atoms with van der Waals surface area (Å²) in [6.07, 6.45) is 4.89. The maximum atomic E-state index is 12.6. The minimum Gasteiger partial charge on any atom is -0.324 e. The van der Waals surface area contributed by atoms with E-state index in [-0.39, 0.29) is 0 Å². The van der Waals surface area contributed by atoms with Crippen LogP contribution in [0.5, 0.6) is 0 Å². The lowest BCUT2D eigenvalue weighted by Crippen LogP contribution is -2.29. The SMILES string of the molecule is Cc1ccc(C)c(NC(=O)[C@@H](C#N)C(=O)c2ccn3cncc3c2)c1. The molecule has 3 aromatic rings. The number of carbonyl (C=O) groups is 2. The van der Waals surface area contributed by atoms with Crippen LogP contribution in [0.3, 0.4) is 0 Å². The Bertz CT molecular complexity index is 1010. The highest BCUT2D eigenvalue weighted by Crippen LogP contribution is 2.19. The number of benzene rings is 1. The largest absolute Gasteiger partial charge is 0.324 e.